The van der Waals surface area contributed by atoms with Gasteiger partial charge in [-0.3, -0.25) is 9.59 Å². The van der Waals surface area contributed by atoms with Crippen molar-refractivity contribution in [2.45, 2.75) is 13.3 Å². The number of piperazine rings is 1. The van der Waals surface area contributed by atoms with Crippen molar-refractivity contribution in [1.29, 1.82) is 0 Å². The predicted molar refractivity (Wildman–Crippen MR) is 102 cm³/mol. The van der Waals surface area contributed by atoms with Crippen LogP contribution in [0, 0.1) is 11.8 Å². The highest BCUT2D eigenvalue weighted by atomic mass is 16.2. The lowest BCUT2D eigenvalue weighted by Gasteiger charge is -2.34. The molecule has 0 radical (unpaired) electrons. The van der Waals surface area contributed by atoms with E-state index in [9.17, 15) is 9.59 Å². The normalized spacial score (nSPS) is 21.7. The molecule has 1 saturated heterocycles. The Kier molecular flexibility index (Phi) is 4.75. The van der Waals surface area contributed by atoms with Crippen LogP contribution in [0.2, 0.25) is 0 Å². The van der Waals surface area contributed by atoms with E-state index in [1.165, 1.54) is 0 Å². The molecule has 2 aromatic rings. The van der Waals surface area contributed by atoms with Gasteiger partial charge in [0.2, 0.25) is 11.9 Å². The summed E-state index contributed by atoms with van der Waals surface area (Å²) in [6.07, 6.45) is 4.39. The fourth-order valence-electron chi connectivity index (χ4n) is 3.40. The molecule has 2 atom stereocenters. The maximum absolute atomic E-state index is 12.8. The van der Waals surface area contributed by atoms with Crippen LogP contribution in [0.15, 0.2) is 42.7 Å². The lowest BCUT2D eigenvalue weighted by molar-refractivity contribution is -0.117. The van der Waals surface area contributed by atoms with Crippen LogP contribution in [-0.4, -0.2) is 52.9 Å². The Morgan fingerprint density at radius 1 is 1.07 bits per heavy atom. The van der Waals surface area contributed by atoms with E-state index in [1.54, 1.807) is 30.6 Å². The van der Waals surface area contributed by atoms with E-state index in [0.29, 0.717) is 49.3 Å². The van der Waals surface area contributed by atoms with Crippen molar-refractivity contribution in [3.63, 3.8) is 0 Å². The largest absolute Gasteiger partial charge is 0.337 e. The minimum Gasteiger partial charge on any atom is -0.337 e. The number of hydrogen-bond acceptors (Lipinski definition) is 5. The zero-order valence-electron chi connectivity index (χ0n) is 15.3. The molecule has 1 saturated carbocycles. The maximum atomic E-state index is 12.8. The van der Waals surface area contributed by atoms with E-state index >= 15 is 0 Å². The number of anilines is 2. The van der Waals surface area contributed by atoms with Crippen LogP contribution in [0.1, 0.15) is 23.7 Å². The average molecular weight is 365 g/mol. The molecule has 0 unspecified atom stereocenters. The first-order valence-electron chi connectivity index (χ1n) is 9.34. The molecule has 1 aliphatic carbocycles. The highest BCUT2D eigenvalue weighted by molar-refractivity contribution is 5.98. The average Bonchev–Trinajstić information content (AvgIpc) is 3.45. The standard InChI is InChI=1S/C20H23N5O2/c1-14-12-17(14)18(26)23-16-5-2-4-15(13-16)19(27)24-8-10-25(11-9-24)20-21-6-3-7-22-20/h2-7,13-14,17H,8-12H2,1H3,(H,23,26)/t14-,17-/m0/s1. The summed E-state index contributed by atoms with van der Waals surface area (Å²) in [5.41, 5.74) is 1.28. The molecule has 0 spiro atoms. The molecule has 27 heavy (non-hydrogen) atoms. The molecular weight excluding hydrogens is 342 g/mol. The first-order valence-corrected chi connectivity index (χ1v) is 9.34. The number of carbonyl (C=O) groups excluding carboxylic acids is 2. The van der Waals surface area contributed by atoms with E-state index in [0.717, 1.165) is 6.42 Å². The van der Waals surface area contributed by atoms with Gasteiger partial charge in [0.25, 0.3) is 5.91 Å². The number of nitrogens with zero attached hydrogens (tertiary/aromatic N) is 4. The highest BCUT2D eigenvalue weighted by Gasteiger charge is 2.39. The quantitative estimate of drug-likeness (QED) is 0.897. The molecule has 1 aromatic carbocycles. The van der Waals surface area contributed by atoms with Gasteiger partial charge in [-0.1, -0.05) is 13.0 Å². The minimum absolute atomic E-state index is 0.0143. The molecule has 4 rings (SSSR count). The molecule has 1 aromatic heterocycles. The Labute approximate surface area is 158 Å². The number of rotatable bonds is 4. The van der Waals surface area contributed by atoms with Crippen LogP contribution in [-0.2, 0) is 4.79 Å². The van der Waals surface area contributed by atoms with Gasteiger partial charge in [-0.05, 0) is 36.6 Å². The monoisotopic (exact) mass is 365 g/mol. The number of amides is 2. The van der Waals surface area contributed by atoms with Gasteiger partial charge in [0.05, 0.1) is 0 Å². The number of nitrogens with one attached hydrogen (secondary N) is 1. The van der Waals surface area contributed by atoms with Gasteiger partial charge in [-0.15, -0.1) is 0 Å². The molecular formula is C20H23N5O2. The number of aromatic nitrogens is 2. The molecule has 2 amide bonds. The number of benzene rings is 1. The summed E-state index contributed by atoms with van der Waals surface area (Å²) in [7, 11) is 0. The Hall–Kier alpha value is -2.96. The van der Waals surface area contributed by atoms with E-state index in [-0.39, 0.29) is 17.7 Å². The topological polar surface area (TPSA) is 78.4 Å². The SMILES string of the molecule is C[C@H]1C[C@@H]1C(=O)Nc1cccc(C(=O)N2CCN(c3ncccn3)CC2)c1. The van der Waals surface area contributed by atoms with Crippen LogP contribution < -0.4 is 10.2 Å². The van der Waals surface area contributed by atoms with Crippen LogP contribution in [0.4, 0.5) is 11.6 Å². The van der Waals surface area contributed by atoms with Crippen molar-refractivity contribution in [2.24, 2.45) is 11.8 Å². The fraction of sp³-hybridized carbons (Fsp3) is 0.400. The summed E-state index contributed by atoms with van der Waals surface area (Å²) < 4.78 is 0. The molecule has 1 N–H and O–H groups in total. The molecule has 1 aliphatic heterocycles. The van der Waals surface area contributed by atoms with Gasteiger partial charge < -0.3 is 15.1 Å². The summed E-state index contributed by atoms with van der Waals surface area (Å²) in [5.74, 6) is 1.30. The molecule has 2 heterocycles. The van der Waals surface area contributed by atoms with Crippen LogP contribution in [0.3, 0.4) is 0 Å². The summed E-state index contributed by atoms with van der Waals surface area (Å²) in [6, 6.07) is 8.99. The van der Waals surface area contributed by atoms with Crippen LogP contribution in [0.5, 0.6) is 0 Å². The summed E-state index contributed by atoms with van der Waals surface area (Å²) in [4.78, 5) is 37.4. The van der Waals surface area contributed by atoms with Crippen molar-refractivity contribution in [1.82, 2.24) is 14.9 Å². The zero-order valence-corrected chi connectivity index (χ0v) is 15.3. The third-order valence-corrected chi connectivity index (χ3v) is 5.23. The summed E-state index contributed by atoms with van der Waals surface area (Å²) in [5, 5.41) is 2.93. The molecule has 140 valence electrons. The Bertz CT molecular complexity index is 833. The van der Waals surface area contributed by atoms with E-state index in [1.807, 2.05) is 17.0 Å². The third kappa shape index (κ3) is 3.92. The van der Waals surface area contributed by atoms with Gasteiger partial charge in [0.1, 0.15) is 0 Å². The van der Waals surface area contributed by atoms with Crippen LogP contribution >= 0.6 is 0 Å². The molecule has 7 nitrogen and oxygen atoms in total. The van der Waals surface area contributed by atoms with Crippen LogP contribution in [0.25, 0.3) is 0 Å². The second-order valence-electron chi connectivity index (χ2n) is 7.22. The second kappa shape index (κ2) is 7.34. The first-order chi connectivity index (χ1) is 13.1. The lowest BCUT2D eigenvalue weighted by Crippen LogP contribution is -2.49. The Morgan fingerprint density at radius 2 is 1.78 bits per heavy atom. The van der Waals surface area contributed by atoms with Gasteiger partial charge in [0, 0.05) is 55.7 Å². The second-order valence-corrected chi connectivity index (χ2v) is 7.22. The lowest BCUT2D eigenvalue weighted by atomic mass is 10.1. The zero-order chi connectivity index (χ0) is 18.8. The van der Waals surface area contributed by atoms with Crippen molar-refractivity contribution in [3.8, 4) is 0 Å². The molecule has 2 fully saturated rings. The van der Waals surface area contributed by atoms with Gasteiger partial charge in [0.15, 0.2) is 0 Å². The van der Waals surface area contributed by atoms with Crippen molar-refractivity contribution in [3.05, 3.63) is 48.3 Å². The van der Waals surface area contributed by atoms with E-state index in [4.69, 9.17) is 0 Å². The smallest absolute Gasteiger partial charge is 0.254 e. The van der Waals surface area contributed by atoms with Crippen molar-refractivity contribution in [2.75, 3.05) is 36.4 Å². The fourth-order valence-corrected chi connectivity index (χ4v) is 3.40. The third-order valence-electron chi connectivity index (χ3n) is 5.23. The Morgan fingerprint density at radius 3 is 2.44 bits per heavy atom. The van der Waals surface area contributed by atoms with Gasteiger partial charge in [-0.25, -0.2) is 9.97 Å². The molecule has 2 aliphatic rings. The van der Waals surface area contributed by atoms with E-state index in [2.05, 4.69) is 27.1 Å². The molecule has 7 heteroatoms. The minimum atomic E-state index is -0.0143. The summed E-state index contributed by atoms with van der Waals surface area (Å²) >= 11 is 0. The van der Waals surface area contributed by atoms with Gasteiger partial charge in [-0.2, -0.15) is 0 Å². The highest BCUT2D eigenvalue weighted by Crippen LogP contribution is 2.38. The first kappa shape index (κ1) is 17.5. The predicted octanol–water partition coefficient (Wildman–Crippen LogP) is 2.03. The number of carbonyl (C=O) groups is 2. The van der Waals surface area contributed by atoms with Crippen molar-refractivity contribution < 1.29 is 9.59 Å². The Balaban J connectivity index is 1.37. The van der Waals surface area contributed by atoms with Crippen molar-refractivity contribution >= 4 is 23.5 Å². The number of hydrogen-bond donors (Lipinski definition) is 1. The summed E-state index contributed by atoms with van der Waals surface area (Å²) in [6.45, 7) is 4.71. The van der Waals surface area contributed by atoms with Gasteiger partial charge >= 0.3 is 0 Å². The van der Waals surface area contributed by atoms with E-state index < -0.39 is 0 Å². The molecule has 0 bridgehead atoms. The maximum Gasteiger partial charge on any atom is 0.254 e.